The first-order valence-electron chi connectivity index (χ1n) is 11.2. The summed E-state index contributed by atoms with van der Waals surface area (Å²) in [4.78, 5) is 32.9. The van der Waals surface area contributed by atoms with Gasteiger partial charge >= 0.3 is 0 Å². The van der Waals surface area contributed by atoms with Crippen molar-refractivity contribution in [2.24, 2.45) is 11.8 Å². The highest BCUT2D eigenvalue weighted by Gasteiger charge is 2.43. The second-order valence-corrected chi connectivity index (χ2v) is 9.31. The minimum absolute atomic E-state index is 0.104. The highest BCUT2D eigenvalue weighted by molar-refractivity contribution is 6.35. The maximum atomic E-state index is 15.6. The predicted molar refractivity (Wildman–Crippen MR) is 124 cm³/mol. The van der Waals surface area contributed by atoms with Gasteiger partial charge < -0.3 is 15.0 Å². The van der Waals surface area contributed by atoms with E-state index in [0.29, 0.717) is 11.0 Å². The van der Waals surface area contributed by atoms with E-state index in [-0.39, 0.29) is 51.4 Å². The van der Waals surface area contributed by atoms with E-state index in [1.807, 2.05) is 6.07 Å². The number of imidazole rings is 1. The number of hydrogen-bond donors (Lipinski definition) is 3. The van der Waals surface area contributed by atoms with Gasteiger partial charge in [-0.05, 0) is 19.3 Å². The van der Waals surface area contributed by atoms with Gasteiger partial charge in [0, 0.05) is 23.1 Å². The van der Waals surface area contributed by atoms with Crippen molar-refractivity contribution in [2.75, 3.05) is 5.32 Å². The Bertz CT molecular complexity index is 1610. The molecule has 2 aliphatic rings. The summed E-state index contributed by atoms with van der Waals surface area (Å²) >= 11 is 6.47. The highest BCUT2D eigenvalue weighted by atomic mass is 35.5. The van der Waals surface area contributed by atoms with Gasteiger partial charge in [-0.3, -0.25) is 19.7 Å². The van der Waals surface area contributed by atoms with Crippen molar-refractivity contribution in [2.45, 2.75) is 31.5 Å². The zero-order valence-electron chi connectivity index (χ0n) is 18.4. The number of halogens is 3. The lowest BCUT2D eigenvalue weighted by Crippen LogP contribution is -2.29. The molecule has 36 heavy (non-hydrogen) atoms. The quantitative estimate of drug-likeness (QED) is 0.363. The third-order valence-electron chi connectivity index (χ3n) is 6.38. The van der Waals surface area contributed by atoms with Gasteiger partial charge in [0.2, 0.25) is 11.8 Å². The first kappa shape index (κ1) is 22.4. The molecule has 3 aromatic heterocycles. The Labute approximate surface area is 206 Å². The molecule has 3 atom stereocenters. The van der Waals surface area contributed by atoms with Crippen LogP contribution in [-0.2, 0) is 9.59 Å². The summed E-state index contributed by atoms with van der Waals surface area (Å²) in [5.41, 5.74) is 1.01. The molecular weight excluding hydrogens is 494 g/mol. The van der Waals surface area contributed by atoms with E-state index in [4.69, 9.17) is 11.6 Å². The number of benzene rings is 1. The molecule has 13 heteroatoms. The van der Waals surface area contributed by atoms with Crippen LogP contribution in [0.15, 0.2) is 24.8 Å². The second-order valence-electron chi connectivity index (χ2n) is 8.93. The lowest BCUT2D eigenvalue weighted by atomic mass is 9.98. The number of carbonyl (C=O) groups is 2. The topological polar surface area (TPSA) is 141 Å². The highest BCUT2D eigenvalue weighted by Crippen LogP contribution is 2.41. The van der Waals surface area contributed by atoms with Gasteiger partial charge in [0.1, 0.15) is 12.2 Å². The third-order valence-corrected chi connectivity index (χ3v) is 6.73. The first-order valence-corrected chi connectivity index (χ1v) is 11.6. The van der Waals surface area contributed by atoms with Crippen LogP contribution in [0, 0.1) is 29.0 Å². The summed E-state index contributed by atoms with van der Waals surface area (Å²) in [6, 6.07) is 0.669. The van der Waals surface area contributed by atoms with E-state index in [2.05, 4.69) is 30.8 Å². The summed E-state index contributed by atoms with van der Waals surface area (Å²) < 4.78 is 30.4. The number of amides is 2. The van der Waals surface area contributed by atoms with Crippen molar-refractivity contribution in [3.63, 3.8) is 0 Å². The van der Waals surface area contributed by atoms with Gasteiger partial charge in [-0.1, -0.05) is 11.6 Å². The first-order chi connectivity index (χ1) is 17.4. The minimum atomic E-state index is -1.27. The molecule has 4 aromatic rings. The molecule has 0 radical (unpaired) electrons. The molecule has 2 aliphatic carbocycles. The fraction of sp³-hybridized carbons (Fsp3) is 0.304. The molecular formula is C23H17ClF2N8O2. The zero-order valence-corrected chi connectivity index (χ0v) is 19.2. The average Bonchev–Trinajstić information content (AvgIpc) is 3.75. The molecule has 2 saturated carbocycles. The van der Waals surface area contributed by atoms with Crippen LogP contribution in [0.5, 0.6) is 0 Å². The lowest BCUT2D eigenvalue weighted by molar-refractivity contribution is -0.122. The van der Waals surface area contributed by atoms with Gasteiger partial charge in [0.15, 0.2) is 17.3 Å². The van der Waals surface area contributed by atoms with Crippen molar-refractivity contribution >= 4 is 45.8 Å². The minimum Gasteiger partial charge on any atom is -0.336 e. The molecule has 2 amide bonds. The Balaban J connectivity index is 1.39. The van der Waals surface area contributed by atoms with Crippen molar-refractivity contribution < 1.29 is 18.4 Å². The van der Waals surface area contributed by atoms with Crippen molar-refractivity contribution in [1.82, 2.24) is 29.9 Å². The van der Waals surface area contributed by atoms with Crippen LogP contribution < -0.4 is 10.6 Å². The standard InChI is InChI=1S/C23H17ClF2N8O2/c24-19-17(14-7-34-8-15(31-16(34)6-28-14)32-23(36)10-3-12(10)25)11-5-29-33-21(11)18(20(19)26)13(4-27)30-22(35)9-1-2-9/h5-10,12-13H,1-3H2,(H,29,33)(H,30,35)(H,32,36). The number of nitrogens with zero attached hydrogens (tertiary/aromatic N) is 5. The van der Waals surface area contributed by atoms with E-state index in [0.717, 1.165) is 12.8 Å². The van der Waals surface area contributed by atoms with Crippen LogP contribution in [0.3, 0.4) is 0 Å². The number of carbonyl (C=O) groups excluding carboxylic acids is 2. The van der Waals surface area contributed by atoms with Crippen LogP contribution in [0.25, 0.3) is 27.8 Å². The van der Waals surface area contributed by atoms with E-state index < -0.39 is 29.9 Å². The van der Waals surface area contributed by atoms with Crippen LogP contribution in [0.4, 0.5) is 14.6 Å². The van der Waals surface area contributed by atoms with Crippen molar-refractivity contribution in [1.29, 1.82) is 5.26 Å². The van der Waals surface area contributed by atoms with Gasteiger partial charge in [-0.15, -0.1) is 0 Å². The molecule has 0 saturated heterocycles. The Morgan fingerprint density at radius 2 is 2.06 bits per heavy atom. The molecule has 0 bridgehead atoms. The lowest BCUT2D eigenvalue weighted by Gasteiger charge is -2.17. The van der Waals surface area contributed by atoms with Crippen molar-refractivity contribution in [3.8, 4) is 17.3 Å². The summed E-state index contributed by atoms with van der Waals surface area (Å²) in [6.07, 6.45) is 6.47. The maximum absolute atomic E-state index is 15.6. The molecule has 182 valence electrons. The summed E-state index contributed by atoms with van der Waals surface area (Å²) in [5.74, 6) is -2.24. The van der Waals surface area contributed by atoms with Crippen LogP contribution in [0.2, 0.25) is 5.02 Å². The Kier molecular flexibility index (Phi) is 5.11. The molecule has 0 aliphatic heterocycles. The normalized spacial score (nSPS) is 19.7. The second kappa shape index (κ2) is 8.23. The molecule has 1 aromatic carbocycles. The molecule has 10 nitrogen and oxygen atoms in total. The number of aromatic amines is 1. The monoisotopic (exact) mass is 510 g/mol. The van der Waals surface area contributed by atoms with E-state index >= 15 is 4.39 Å². The average molecular weight is 511 g/mol. The number of fused-ring (bicyclic) bond motifs is 2. The summed E-state index contributed by atoms with van der Waals surface area (Å²) in [5, 5.41) is 21.7. The third kappa shape index (κ3) is 3.72. The summed E-state index contributed by atoms with van der Waals surface area (Å²) in [7, 11) is 0. The van der Waals surface area contributed by atoms with E-state index in [1.165, 1.54) is 18.6 Å². The molecule has 2 fully saturated rings. The molecule has 0 spiro atoms. The number of alkyl halides is 1. The predicted octanol–water partition coefficient (Wildman–Crippen LogP) is 3.45. The zero-order chi connectivity index (χ0) is 25.1. The molecule has 3 heterocycles. The number of nitrogens with one attached hydrogen (secondary N) is 3. The molecule has 6 rings (SSSR count). The Morgan fingerprint density at radius 1 is 1.28 bits per heavy atom. The van der Waals surface area contributed by atoms with Crippen LogP contribution >= 0.6 is 11.6 Å². The van der Waals surface area contributed by atoms with E-state index in [1.54, 1.807) is 10.6 Å². The molecule has 3 unspecified atom stereocenters. The maximum Gasteiger partial charge on any atom is 0.231 e. The van der Waals surface area contributed by atoms with Crippen molar-refractivity contribution in [3.05, 3.63) is 41.2 Å². The summed E-state index contributed by atoms with van der Waals surface area (Å²) in [6.45, 7) is 0. The van der Waals surface area contributed by atoms with Gasteiger partial charge in [0.05, 0.1) is 52.4 Å². The fourth-order valence-corrected chi connectivity index (χ4v) is 4.48. The number of aromatic nitrogens is 5. The Hall–Kier alpha value is -4.11. The Morgan fingerprint density at radius 3 is 2.75 bits per heavy atom. The number of anilines is 1. The largest absolute Gasteiger partial charge is 0.336 e. The van der Waals surface area contributed by atoms with E-state index in [9.17, 15) is 19.2 Å². The number of hydrogen-bond acceptors (Lipinski definition) is 6. The van der Waals surface area contributed by atoms with Crippen LogP contribution in [-0.4, -0.2) is 42.6 Å². The SMILES string of the molecule is N#CC(NC(=O)C1CC1)c1c(F)c(Cl)c(-c2cn3cc(NC(=O)C4CC4F)nc3cn2)c2cn[nH]c12. The fourth-order valence-electron chi connectivity index (χ4n) is 4.18. The van der Waals surface area contributed by atoms with Gasteiger partial charge in [0.25, 0.3) is 0 Å². The number of rotatable bonds is 6. The number of H-pyrrole nitrogens is 1. The smallest absolute Gasteiger partial charge is 0.231 e. The molecule has 3 N–H and O–H groups in total. The van der Waals surface area contributed by atoms with Crippen LogP contribution in [0.1, 0.15) is 30.9 Å². The van der Waals surface area contributed by atoms with Gasteiger partial charge in [-0.2, -0.15) is 10.4 Å². The number of nitriles is 1. The van der Waals surface area contributed by atoms with Gasteiger partial charge in [-0.25, -0.2) is 13.8 Å².